The molecule has 1 aliphatic heterocycles. The Hall–Kier alpha value is -0.280. The number of amides is 1. The zero-order chi connectivity index (χ0) is 9.68. The van der Waals surface area contributed by atoms with Crippen LogP contribution in [0, 0.1) is 0 Å². The van der Waals surface area contributed by atoms with Crippen molar-refractivity contribution in [2.24, 2.45) is 0 Å². The first kappa shape index (κ1) is 10.8. The van der Waals surface area contributed by atoms with Gasteiger partial charge < -0.3 is 10.1 Å². The smallest absolute Gasteiger partial charge is 0.240 e. The van der Waals surface area contributed by atoms with Crippen LogP contribution in [0.2, 0.25) is 0 Å². The predicted octanol–water partition coefficient (Wildman–Crippen LogP) is 1.30. The second-order valence-corrected chi connectivity index (χ2v) is 3.71. The number of nitrogens with one attached hydrogen (secondary N) is 1. The van der Waals surface area contributed by atoms with E-state index in [1.165, 1.54) is 0 Å². The summed E-state index contributed by atoms with van der Waals surface area (Å²) in [6, 6.07) is 0. The van der Waals surface area contributed by atoms with E-state index in [0.717, 1.165) is 25.9 Å². The Labute approximate surface area is 83.8 Å². The SMILES string of the molecule is CCCNC(=O)C(Cl)C1CCCO1. The molecule has 1 saturated heterocycles. The van der Waals surface area contributed by atoms with Crippen molar-refractivity contribution in [1.82, 2.24) is 5.32 Å². The maximum absolute atomic E-state index is 11.4. The fourth-order valence-electron chi connectivity index (χ4n) is 1.35. The topological polar surface area (TPSA) is 38.3 Å². The van der Waals surface area contributed by atoms with Gasteiger partial charge in [0.05, 0.1) is 6.10 Å². The van der Waals surface area contributed by atoms with E-state index in [9.17, 15) is 4.79 Å². The molecule has 76 valence electrons. The van der Waals surface area contributed by atoms with Gasteiger partial charge in [0.2, 0.25) is 5.91 Å². The molecule has 0 bridgehead atoms. The van der Waals surface area contributed by atoms with Crippen LogP contribution in [0.25, 0.3) is 0 Å². The van der Waals surface area contributed by atoms with Gasteiger partial charge in [-0.15, -0.1) is 11.6 Å². The zero-order valence-corrected chi connectivity index (χ0v) is 8.64. The van der Waals surface area contributed by atoms with Crippen LogP contribution >= 0.6 is 11.6 Å². The van der Waals surface area contributed by atoms with Gasteiger partial charge in [-0.05, 0) is 19.3 Å². The highest BCUT2D eigenvalue weighted by molar-refractivity contribution is 6.31. The molecular weight excluding hydrogens is 190 g/mol. The third-order valence-electron chi connectivity index (χ3n) is 2.09. The fourth-order valence-corrected chi connectivity index (χ4v) is 1.62. The van der Waals surface area contributed by atoms with Gasteiger partial charge in [0, 0.05) is 13.2 Å². The van der Waals surface area contributed by atoms with Crippen LogP contribution in [-0.4, -0.2) is 30.5 Å². The minimum atomic E-state index is -0.519. The molecule has 2 atom stereocenters. The van der Waals surface area contributed by atoms with Crippen molar-refractivity contribution in [2.75, 3.05) is 13.2 Å². The molecule has 1 aliphatic rings. The van der Waals surface area contributed by atoms with Gasteiger partial charge in [-0.2, -0.15) is 0 Å². The van der Waals surface area contributed by atoms with Gasteiger partial charge >= 0.3 is 0 Å². The molecule has 2 unspecified atom stereocenters. The number of carbonyl (C=O) groups excluding carboxylic acids is 1. The van der Waals surface area contributed by atoms with Crippen molar-refractivity contribution in [3.63, 3.8) is 0 Å². The van der Waals surface area contributed by atoms with E-state index < -0.39 is 5.38 Å². The summed E-state index contributed by atoms with van der Waals surface area (Å²) in [6.45, 7) is 3.43. The first-order valence-corrected chi connectivity index (χ1v) is 5.22. The summed E-state index contributed by atoms with van der Waals surface area (Å²) in [6.07, 6.45) is 2.75. The second kappa shape index (κ2) is 5.45. The van der Waals surface area contributed by atoms with Crippen LogP contribution in [0.4, 0.5) is 0 Å². The number of hydrogen-bond acceptors (Lipinski definition) is 2. The molecule has 1 amide bonds. The molecule has 4 heteroatoms. The lowest BCUT2D eigenvalue weighted by molar-refractivity contribution is -0.122. The van der Waals surface area contributed by atoms with Gasteiger partial charge in [-0.3, -0.25) is 4.79 Å². The number of carbonyl (C=O) groups is 1. The van der Waals surface area contributed by atoms with E-state index in [4.69, 9.17) is 16.3 Å². The minimum absolute atomic E-state index is 0.0847. The second-order valence-electron chi connectivity index (χ2n) is 3.24. The van der Waals surface area contributed by atoms with Crippen LogP contribution < -0.4 is 5.32 Å². The Kier molecular flexibility index (Phi) is 4.53. The van der Waals surface area contributed by atoms with Crippen molar-refractivity contribution < 1.29 is 9.53 Å². The van der Waals surface area contributed by atoms with Crippen LogP contribution in [0.15, 0.2) is 0 Å². The maximum Gasteiger partial charge on any atom is 0.240 e. The summed E-state index contributed by atoms with van der Waals surface area (Å²) in [5.74, 6) is -0.101. The fraction of sp³-hybridized carbons (Fsp3) is 0.889. The molecule has 0 aromatic rings. The van der Waals surface area contributed by atoms with E-state index in [1.807, 2.05) is 6.92 Å². The highest BCUT2D eigenvalue weighted by Gasteiger charge is 2.29. The van der Waals surface area contributed by atoms with Gasteiger partial charge in [0.15, 0.2) is 0 Å². The molecule has 0 radical (unpaired) electrons. The van der Waals surface area contributed by atoms with Crippen molar-refractivity contribution >= 4 is 17.5 Å². The lowest BCUT2D eigenvalue weighted by Gasteiger charge is -2.15. The van der Waals surface area contributed by atoms with Gasteiger partial charge in [0.1, 0.15) is 5.38 Å². The molecule has 0 aromatic heterocycles. The number of ether oxygens (including phenoxy) is 1. The summed E-state index contributed by atoms with van der Waals surface area (Å²) in [4.78, 5) is 11.4. The highest BCUT2D eigenvalue weighted by Crippen LogP contribution is 2.19. The largest absolute Gasteiger partial charge is 0.376 e. The van der Waals surface area contributed by atoms with Gasteiger partial charge in [-0.25, -0.2) is 0 Å². The first-order chi connectivity index (χ1) is 6.25. The zero-order valence-electron chi connectivity index (χ0n) is 7.88. The Balaban J connectivity index is 2.28. The molecule has 1 fully saturated rings. The Morgan fingerprint density at radius 3 is 3.08 bits per heavy atom. The van der Waals surface area contributed by atoms with E-state index in [0.29, 0.717) is 6.54 Å². The standard InChI is InChI=1S/C9H16ClNO2/c1-2-5-11-9(12)8(10)7-4-3-6-13-7/h7-8H,2-6H2,1H3,(H,11,12). The normalized spacial score (nSPS) is 24.3. The molecule has 1 heterocycles. The van der Waals surface area contributed by atoms with Crippen LogP contribution in [0.5, 0.6) is 0 Å². The third kappa shape index (κ3) is 3.16. The van der Waals surface area contributed by atoms with Crippen molar-refractivity contribution in [1.29, 1.82) is 0 Å². The van der Waals surface area contributed by atoms with Crippen LogP contribution in [-0.2, 0) is 9.53 Å². The number of halogens is 1. The minimum Gasteiger partial charge on any atom is -0.376 e. The number of rotatable bonds is 4. The molecule has 1 N–H and O–H groups in total. The average molecular weight is 206 g/mol. The molecule has 0 spiro atoms. The quantitative estimate of drug-likeness (QED) is 0.703. The van der Waals surface area contributed by atoms with Gasteiger partial charge in [-0.1, -0.05) is 6.92 Å². The average Bonchev–Trinajstić information content (AvgIpc) is 2.65. The summed E-state index contributed by atoms with van der Waals surface area (Å²) in [7, 11) is 0. The third-order valence-corrected chi connectivity index (χ3v) is 2.57. The lowest BCUT2D eigenvalue weighted by Crippen LogP contribution is -2.38. The molecule has 0 saturated carbocycles. The van der Waals surface area contributed by atoms with Crippen LogP contribution in [0.1, 0.15) is 26.2 Å². The monoisotopic (exact) mass is 205 g/mol. The Morgan fingerprint density at radius 1 is 1.77 bits per heavy atom. The van der Waals surface area contributed by atoms with E-state index in [2.05, 4.69) is 5.32 Å². The molecular formula is C9H16ClNO2. The summed E-state index contributed by atoms with van der Waals surface area (Å²) < 4.78 is 5.32. The highest BCUT2D eigenvalue weighted by atomic mass is 35.5. The molecule has 3 nitrogen and oxygen atoms in total. The molecule has 0 aromatic carbocycles. The molecule has 0 aliphatic carbocycles. The van der Waals surface area contributed by atoms with Crippen LogP contribution in [0.3, 0.4) is 0 Å². The van der Waals surface area contributed by atoms with E-state index in [1.54, 1.807) is 0 Å². The number of alkyl halides is 1. The van der Waals surface area contributed by atoms with Crippen molar-refractivity contribution in [2.45, 2.75) is 37.7 Å². The summed E-state index contributed by atoms with van der Waals surface area (Å²) in [5.41, 5.74) is 0. The van der Waals surface area contributed by atoms with E-state index >= 15 is 0 Å². The van der Waals surface area contributed by atoms with Crippen molar-refractivity contribution in [3.8, 4) is 0 Å². The Bertz CT molecular complexity index is 169. The summed E-state index contributed by atoms with van der Waals surface area (Å²) in [5, 5.41) is 2.24. The maximum atomic E-state index is 11.4. The predicted molar refractivity (Wildman–Crippen MR) is 51.9 cm³/mol. The van der Waals surface area contributed by atoms with Gasteiger partial charge in [0.25, 0.3) is 0 Å². The summed E-state index contributed by atoms with van der Waals surface area (Å²) >= 11 is 5.94. The van der Waals surface area contributed by atoms with E-state index in [-0.39, 0.29) is 12.0 Å². The lowest BCUT2D eigenvalue weighted by atomic mass is 10.1. The van der Waals surface area contributed by atoms with Crippen molar-refractivity contribution in [3.05, 3.63) is 0 Å². The molecule has 1 rings (SSSR count). The Morgan fingerprint density at radius 2 is 2.54 bits per heavy atom. The molecule has 13 heavy (non-hydrogen) atoms. The first-order valence-electron chi connectivity index (χ1n) is 4.79. The number of hydrogen-bond donors (Lipinski definition) is 1.